The maximum absolute atomic E-state index is 12.3. The van der Waals surface area contributed by atoms with Gasteiger partial charge in [0.2, 0.25) is 0 Å². The second kappa shape index (κ2) is 6.93. The largest absolute Gasteiger partial charge is 0.294 e. The second-order valence-electron chi connectivity index (χ2n) is 7.15. The van der Waals surface area contributed by atoms with Crippen LogP contribution in [-0.4, -0.2) is 55.8 Å². The van der Waals surface area contributed by atoms with E-state index >= 15 is 0 Å². The number of hydrogen-bond acceptors (Lipinski definition) is 5. The molecule has 0 aromatic heterocycles. The third-order valence-corrected chi connectivity index (χ3v) is 8.00. The first kappa shape index (κ1) is 17.4. The zero-order valence-electron chi connectivity index (χ0n) is 14.4. The zero-order valence-corrected chi connectivity index (χ0v) is 16.0. The maximum Gasteiger partial charge on any atom is 0.263 e. The lowest BCUT2D eigenvalue weighted by atomic mass is 9.80. The summed E-state index contributed by atoms with van der Waals surface area (Å²) in [6.07, 6.45) is 6.13. The van der Waals surface area contributed by atoms with E-state index in [1.807, 2.05) is 23.9 Å². The van der Waals surface area contributed by atoms with E-state index in [2.05, 4.69) is 9.62 Å². The molecule has 4 rings (SSSR count). The van der Waals surface area contributed by atoms with Gasteiger partial charge >= 0.3 is 0 Å². The number of nitrogens with one attached hydrogen (secondary N) is 1. The van der Waals surface area contributed by atoms with Crippen molar-refractivity contribution in [2.24, 2.45) is 4.99 Å². The Morgan fingerprint density at radius 1 is 1.12 bits per heavy atom. The Labute approximate surface area is 154 Å². The van der Waals surface area contributed by atoms with Crippen molar-refractivity contribution < 1.29 is 8.42 Å². The van der Waals surface area contributed by atoms with E-state index in [0.29, 0.717) is 22.8 Å². The van der Waals surface area contributed by atoms with Crippen molar-refractivity contribution in [2.75, 3.05) is 31.1 Å². The first-order chi connectivity index (χ1) is 12.1. The lowest BCUT2D eigenvalue weighted by molar-refractivity contribution is 0.0673. The minimum absolute atomic E-state index is 0.106. The van der Waals surface area contributed by atoms with Crippen LogP contribution in [0.15, 0.2) is 34.2 Å². The van der Waals surface area contributed by atoms with Crippen LogP contribution in [0.25, 0.3) is 0 Å². The van der Waals surface area contributed by atoms with Crippen LogP contribution in [0.3, 0.4) is 0 Å². The molecule has 0 bridgehead atoms. The number of sulfonamides is 1. The summed E-state index contributed by atoms with van der Waals surface area (Å²) < 4.78 is 27.2. The molecule has 3 aliphatic rings. The van der Waals surface area contributed by atoms with Crippen molar-refractivity contribution in [3.63, 3.8) is 0 Å². The average Bonchev–Trinajstić information content (AvgIpc) is 2.92. The van der Waals surface area contributed by atoms with E-state index in [9.17, 15) is 8.42 Å². The van der Waals surface area contributed by atoms with Gasteiger partial charge in [0.15, 0.2) is 0 Å². The predicted molar refractivity (Wildman–Crippen MR) is 103 cm³/mol. The summed E-state index contributed by atoms with van der Waals surface area (Å²) in [7, 11) is -3.45. The Hall–Kier alpha value is -1.05. The molecule has 1 saturated carbocycles. The third kappa shape index (κ3) is 3.34. The van der Waals surface area contributed by atoms with E-state index in [1.165, 1.54) is 43.6 Å². The number of rotatable bonds is 3. The van der Waals surface area contributed by atoms with Crippen LogP contribution in [0.1, 0.15) is 37.7 Å². The molecular formula is C18H25N3O2S2. The second-order valence-corrected chi connectivity index (χ2v) is 10.0. The van der Waals surface area contributed by atoms with Gasteiger partial charge in [-0.2, -0.15) is 11.8 Å². The Morgan fingerprint density at radius 3 is 2.60 bits per heavy atom. The van der Waals surface area contributed by atoms with Crippen LogP contribution in [0.2, 0.25) is 0 Å². The molecule has 0 radical (unpaired) electrons. The fourth-order valence-corrected chi connectivity index (χ4v) is 6.45. The number of nitrogens with zero attached hydrogens (tertiary/aromatic N) is 2. The third-order valence-electron chi connectivity index (χ3n) is 5.66. The lowest BCUT2D eigenvalue weighted by Crippen LogP contribution is -2.55. The van der Waals surface area contributed by atoms with Crippen LogP contribution >= 0.6 is 11.8 Å². The van der Waals surface area contributed by atoms with E-state index in [4.69, 9.17) is 4.99 Å². The molecule has 1 aliphatic carbocycles. The number of aliphatic imine (C=N–C) groups is 1. The molecule has 1 aromatic rings. The first-order valence-electron chi connectivity index (χ1n) is 9.10. The van der Waals surface area contributed by atoms with E-state index < -0.39 is 10.0 Å². The van der Waals surface area contributed by atoms with Crippen molar-refractivity contribution >= 4 is 27.6 Å². The average molecular weight is 380 g/mol. The lowest BCUT2D eigenvalue weighted by Gasteiger charge is -2.47. The van der Waals surface area contributed by atoms with Gasteiger partial charge in [-0.3, -0.25) is 14.6 Å². The molecule has 25 heavy (non-hydrogen) atoms. The van der Waals surface area contributed by atoms with Gasteiger partial charge in [0.25, 0.3) is 10.0 Å². The maximum atomic E-state index is 12.3. The molecule has 0 atom stereocenters. The van der Waals surface area contributed by atoms with Crippen LogP contribution in [0.4, 0.5) is 0 Å². The number of hydrogen-bond donors (Lipinski definition) is 1. The smallest absolute Gasteiger partial charge is 0.263 e. The minimum atomic E-state index is -3.45. The Bertz CT molecular complexity index is 764. The van der Waals surface area contributed by atoms with Crippen molar-refractivity contribution in [1.29, 1.82) is 0 Å². The van der Waals surface area contributed by atoms with Gasteiger partial charge in [0, 0.05) is 35.7 Å². The summed E-state index contributed by atoms with van der Waals surface area (Å²) in [6, 6.07) is 7.12. The van der Waals surface area contributed by atoms with Crippen molar-refractivity contribution in [3.8, 4) is 0 Å². The van der Waals surface area contributed by atoms with E-state index in [-0.39, 0.29) is 5.54 Å². The molecule has 1 saturated heterocycles. The molecule has 0 spiro atoms. The zero-order chi connectivity index (χ0) is 17.3. The fourth-order valence-electron chi connectivity index (χ4n) is 4.30. The summed E-state index contributed by atoms with van der Waals surface area (Å²) in [4.78, 5) is 7.78. The highest BCUT2D eigenvalue weighted by molar-refractivity contribution is 7.99. The molecule has 136 valence electrons. The molecule has 2 aliphatic heterocycles. The van der Waals surface area contributed by atoms with Crippen LogP contribution in [-0.2, 0) is 10.0 Å². The highest BCUT2D eigenvalue weighted by Crippen LogP contribution is 2.36. The van der Waals surface area contributed by atoms with Gasteiger partial charge in [-0.15, -0.1) is 0 Å². The van der Waals surface area contributed by atoms with Crippen molar-refractivity contribution in [3.05, 3.63) is 29.8 Å². The summed E-state index contributed by atoms with van der Waals surface area (Å²) in [6.45, 7) is 2.93. The topological polar surface area (TPSA) is 61.8 Å². The molecule has 1 aromatic carbocycles. The monoisotopic (exact) mass is 379 g/mol. The number of thioether (sulfide) groups is 1. The minimum Gasteiger partial charge on any atom is -0.294 e. The SMILES string of the molecule is O=S1(=O)NC(=NCC2(N3CCSCC3)CCCCC2)c2ccccc21. The Balaban J connectivity index is 1.62. The van der Waals surface area contributed by atoms with Crippen molar-refractivity contribution in [1.82, 2.24) is 9.62 Å². The number of benzene rings is 1. The molecule has 5 nitrogen and oxygen atoms in total. The molecule has 2 fully saturated rings. The summed E-state index contributed by atoms with van der Waals surface area (Å²) in [5, 5.41) is 0. The summed E-state index contributed by atoms with van der Waals surface area (Å²) in [5.41, 5.74) is 0.817. The van der Waals surface area contributed by atoms with Crippen LogP contribution in [0.5, 0.6) is 0 Å². The first-order valence-corrected chi connectivity index (χ1v) is 11.7. The van der Waals surface area contributed by atoms with Crippen LogP contribution in [0, 0.1) is 0 Å². The quantitative estimate of drug-likeness (QED) is 0.876. The number of fused-ring (bicyclic) bond motifs is 1. The van der Waals surface area contributed by atoms with E-state index in [1.54, 1.807) is 12.1 Å². The number of amidine groups is 1. The van der Waals surface area contributed by atoms with E-state index in [0.717, 1.165) is 13.1 Å². The molecule has 1 N–H and O–H groups in total. The van der Waals surface area contributed by atoms with Crippen molar-refractivity contribution in [2.45, 2.75) is 42.5 Å². The Morgan fingerprint density at radius 2 is 1.84 bits per heavy atom. The highest BCUT2D eigenvalue weighted by Gasteiger charge is 2.39. The molecule has 0 unspecified atom stereocenters. The van der Waals surface area contributed by atoms with Gasteiger partial charge in [-0.1, -0.05) is 31.4 Å². The molecular weight excluding hydrogens is 354 g/mol. The molecule has 0 amide bonds. The standard InChI is InChI=1S/C18H25N3O2S2/c22-25(23)16-7-3-2-6-15(16)17(20-25)19-14-18(8-4-1-5-9-18)21-10-12-24-13-11-21/h2-3,6-7H,1,4-5,8-14H2,(H,19,20). The summed E-state index contributed by atoms with van der Waals surface area (Å²) >= 11 is 2.03. The summed E-state index contributed by atoms with van der Waals surface area (Å²) in [5.74, 6) is 2.90. The van der Waals surface area contributed by atoms with Gasteiger partial charge < -0.3 is 0 Å². The fraction of sp³-hybridized carbons (Fsp3) is 0.611. The van der Waals surface area contributed by atoms with Crippen LogP contribution < -0.4 is 4.72 Å². The molecule has 7 heteroatoms. The highest BCUT2D eigenvalue weighted by atomic mass is 32.2. The normalized spacial score (nSPS) is 27.0. The predicted octanol–water partition coefficient (Wildman–Crippen LogP) is 2.48. The molecule has 2 heterocycles. The van der Waals surface area contributed by atoms with Gasteiger partial charge in [-0.05, 0) is 25.0 Å². The Kier molecular flexibility index (Phi) is 4.81. The van der Waals surface area contributed by atoms with Gasteiger partial charge in [0.05, 0.1) is 11.4 Å². The van der Waals surface area contributed by atoms with Gasteiger partial charge in [-0.25, -0.2) is 8.42 Å². The van der Waals surface area contributed by atoms with Gasteiger partial charge in [0.1, 0.15) is 5.84 Å².